The molecule has 1 N–H and O–H groups in total. The summed E-state index contributed by atoms with van der Waals surface area (Å²) in [7, 11) is 0. The third kappa shape index (κ3) is 5.16. The van der Waals surface area contributed by atoms with Gasteiger partial charge in [0.25, 0.3) is 6.47 Å². The highest BCUT2D eigenvalue weighted by Crippen LogP contribution is 2.39. The molecule has 1 saturated heterocycles. The standard InChI is InChI=1S/C16H26N4.CH2O2/c1-16(2)6-5-14(13-16)19-9-4-10-20(12-11-19)15-17-7-3-8-18-15;2-1-3/h3,7-8,14H,4-6,9-13H2,1-2H3;1H,(H,2,3). The van der Waals surface area contributed by atoms with Crippen LogP contribution in [0.2, 0.25) is 0 Å². The summed E-state index contributed by atoms with van der Waals surface area (Å²) in [6.07, 6.45) is 8.99. The van der Waals surface area contributed by atoms with E-state index in [0.29, 0.717) is 5.41 Å². The molecule has 1 atom stereocenters. The first-order chi connectivity index (χ1) is 11.1. The Kier molecular flexibility index (Phi) is 6.33. The molecule has 0 amide bonds. The molecule has 1 aliphatic carbocycles. The van der Waals surface area contributed by atoms with Crippen LogP contribution < -0.4 is 4.90 Å². The van der Waals surface area contributed by atoms with Crippen LogP contribution >= 0.6 is 0 Å². The third-order valence-electron chi connectivity index (χ3n) is 4.82. The smallest absolute Gasteiger partial charge is 0.290 e. The van der Waals surface area contributed by atoms with Gasteiger partial charge < -0.3 is 10.0 Å². The fourth-order valence-electron chi connectivity index (χ4n) is 3.67. The molecule has 6 nitrogen and oxygen atoms in total. The van der Waals surface area contributed by atoms with Gasteiger partial charge >= 0.3 is 0 Å². The van der Waals surface area contributed by atoms with Crippen molar-refractivity contribution in [1.82, 2.24) is 14.9 Å². The van der Waals surface area contributed by atoms with E-state index < -0.39 is 0 Å². The Morgan fingerprint density at radius 3 is 2.52 bits per heavy atom. The number of carbonyl (C=O) groups is 1. The van der Waals surface area contributed by atoms with Crippen LogP contribution in [-0.4, -0.2) is 58.7 Å². The van der Waals surface area contributed by atoms with Gasteiger partial charge in [0.15, 0.2) is 0 Å². The minimum absolute atomic E-state index is 0.250. The van der Waals surface area contributed by atoms with Gasteiger partial charge in [-0.1, -0.05) is 13.8 Å². The van der Waals surface area contributed by atoms with Crippen LogP contribution in [0, 0.1) is 5.41 Å². The molecule has 0 bridgehead atoms. The van der Waals surface area contributed by atoms with Crippen LogP contribution in [0.4, 0.5) is 5.95 Å². The van der Waals surface area contributed by atoms with Crippen LogP contribution in [-0.2, 0) is 4.79 Å². The lowest BCUT2D eigenvalue weighted by Gasteiger charge is -2.28. The summed E-state index contributed by atoms with van der Waals surface area (Å²) in [5.74, 6) is 0.890. The molecule has 0 aromatic carbocycles. The van der Waals surface area contributed by atoms with E-state index in [0.717, 1.165) is 31.6 Å². The summed E-state index contributed by atoms with van der Waals surface area (Å²) < 4.78 is 0. The Hall–Kier alpha value is -1.69. The number of hydrogen-bond donors (Lipinski definition) is 1. The lowest BCUT2D eigenvalue weighted by Crippen LogP contribution is -2.37. The van der Waals surface area contributed by atoms with Crippen molar-refractivity contribution in [3.63, 3.8) is 0 Å². The van der Waals surface area contributed by atoms with Gasteiger partial charge in [-0.15, -0.1) is 0 Å². The number of rotatable bonds is 2. The zero-order valence-corrected chi connectivity index (χ0v) is 14.2. The van der Waals surface area contributed by atoms with E-state index in [1.807, 2.05) is 18.5 Å². The Balaban J connectivity index is 0.000000595. The molecule has 23 heavy (non-hydrogen) atoms. The summed E-state index contributed by atoms with van der Waals surface area (Å²) in [6, 6.07) is 2.68. The SMILES string of the molecule is CC1(C)CCC(N2CCCN(c3ncccn3)CC2)C1.O=CO. The molecule has 2 fully saturated rings. The highest BCUT2D eigenvalue weighted by atomic mass is 16.3. The van der Waals surface area contributed by atoms with E-state index in [2.05, 4.69) is 33.6 Å². The lowest BCUT2D eigenvalue weighted by molar-refractivity contribution is -0.122. The molecule has 0 radical (unpaired) electrons. The van der Waals surface area contributed by atoms with Gasteiger partial charge in [0.1, 0.15) is 0 Å². The molecule has 1 aromatic heterocycles. The van der Waals surface area contributed by atoms with Crippen molar-refractivity contribution < 1.29 is 9.90 Å². The van der Waals surface area contributed by atoms with Gasteiger partial charge in [-0.3, -0.25) is 9.69 Å². The normalized spacial score (nSPS) is 24.4. The second-order valence-corrected chi connectivity index (χ2v) is 7.09. The second kappa shape index (κ2) is 8.24. The average molecular weight is 320 g/mol. The Morgan fingerprint density at radius 2 is 1.91 bits per heavy atom. The Bertz CT molecular complexity index is 481. The van der Waals surface area contributed by atoms with E-state index in [1.165, 1.54) is 32.2 Å². The largest absolute Gasteiger partial charge is 0.483 e. The monoisotopic (exact) mass is 320 g/mol. The van der Waals surface area contributed by atoms with Gasteiger partial charge in [0, 0.05) is 44.6 Å². The first-order valence-corrected chi connectivity index (χ1v) is 8.39. The van der Waals surface area contributed by atoms with Crippen LogP contribution in [0.3, 0.4) is 0 Å². The molecule has 2 heterocycles. The van der Waals surface area contributed by atoms with E-state index in [4.69, 9.17) is 9.90 Å². The lowest BCUT2D eigenvalue weighted by atomic mass is 9.91. The van der Waals surface area contributed by atoms with E-state index in [-0.39, 0.29) is 6.47 Å². The molecule has 1 saturated carbocycles. The summed E-state index contributed by atoms with van der Waals surface area (Å²) in [6.45, 7) is 9.09. The maximum absolute atomic E-state index is 8.36. The minimum Gasteiger partial charge on any atom is -0.483 e. The van der Waals surface area contributed by atoms with Gasteiger partial charge in [-0.25, -0.2) is 9.97 Å². The topological polar surface area (TPSA) is 69.6 Å². The van der Waals surface area contributed by atoms with Crippen molar-refractivity contribution in [3.8, 4) is 0 Å². The van der Waals surface area contributed by atoms with Crippen LogP contribution in [0.1, 0.15) is 39.5 Å². The highest BCUT2D eigenvalue weighted by molar-refractivity contribution is 5.32. The molecule has 128 valence electrons. The molecular formula is C17H28N4O2. The van der Waals surface area contributed by atoms with Crippen molar-refractivity contribution in [2.45, 2.75) is 45.6 Å². The maximum Gasteiger partial charge on any atom is 0.290 e. The molecule has 1 aliphatic heterocycles. The highest BCUT2D eigenvalue weighted by Gasteiger charge is 2.34. The molecular weight excluding hydrogens is 292 g/mol. The fraction of sp³-hybridized carbons (Fsp3) is 0.706. The van der Waals surface area contributed by atoms with Gasteiger partial charge in [0.2, 0.25) is 5.95 Å². The minimum atomic E-state index is -0.250. The summed E-state index contributed by atoms with van der Waals surface area (Å²) in [5, 5.41) is 6.89. The Labute approximate surface area is 138 Å². The maximum atomic E-state index is 8.36. The predicted octanol–water partition coefficient (Wildman–Crippen LogP) is 2.27. The zero-order chi connectivity index (χ0) is 16.7. The summed E-state index contributed by atoms with van der Waals surface area (Å²) >= 11 is 0. The van der Waals surface area contributed by atoms with Crippen molar-refractivity contribution >= 4 is 12.4 Å². The zero-order valence-electron chi connectivity index (χ0n) is 14.2. The quantitative estimate of drug-likeness (QED) is 0.843. The van der Waals surface area contributed by atoms with Crippen molar-refractivity contribution in [2.75, 3.05) is 31.1 Å². The summed E-state index contributed by atoms with van der Waals surface area (Å²) in [4.78, 5) is 22.2. The number of carboxylic acid groups (broad SMARTS) is 1. The van der Waals surface area contributed by atoms with Crippen molar-refractivity contribution in [3.05, 3.63) is 18.5 Å². The molecule has 1 aromatic rings. The first kappa shape index (κ1) is 17.7. The molecule has 1 unspecified atom stereocenters. The molecule has 3 rings (SSSR count). The Morgan fingerprint density at radius 1 is 1.22 bits per heavy atom. The molecule has 2 aliphatic rings. The third-order valence-corrected chi connectivity index (χ3v) is 4.82. The number of aromatic nitrogens is 2. The number of hydrogen-bond acceptors (Lipinski definition) is 5. The second-order valence-electron chi connectivity index (χ2n) is 7.09. The van der Waals surface area contributed by atoms with Crippen LogP contribution in [0.5, 0.6) is 0 Å². The van der Waals surface area contributed by atoms with Crippen molar-refractivity contribution in [1.29, 1.82) is 0 Å². The number of anilines is 1. The average Bonchev–Trinajstić information content (AvgIpc) is 2.76. The molecule has 0 spiro atoms. The summed E-state index contributed by atoms with van der Waals surface area (Å²) in [5.41, 5.74) is 0.541. The number of nitrogens with zero attached hydrogens (tertiary/aromatic N) is 4. The first-order valence-electron chi connectivity index (χ1n) is 8.39. The van der Waals surface area contributed by atoms with E-state index >= 15 is 0 Å². The van der Waals surface area contributed by atoms with E-state index in [9.17, 15) is 0 Å². The van der Waals surface area contributed by atoms with Crippen LogP contribution in [0.25, 0.3) is 0 Å². The van der Waals surface area contributed by atoms with E-state index in [1.54, 1.807) is 0 Å². The van der Waals surface area contributed by atoms with Crippen LogP contribution in [0.15, 0.2) is 18.5 Å². The van der Waals surface area contributed by atoms with Gasteiger partial charge in [-0.05, 0) is 37.2 Å². The van der Waals surface area contributed by atoms with Gasteiger partial charge in [0.05, 0.1) is 0 Å². The van der Waals surface area contributed by atoms with Gasteiger partial charge in [-0.2, -0.15) is 0 Å². The fourth-order valence-corrected chi connectivity index (χ4v) is 3.67. The van der Waals surface area contributed by atoms with Crippen molar-refractivity contribution in [2.24, 2.45) is 5.41 Å². The predicted molar refractivity (Wildman–Crippen MR) is 90.5 cm³/mol. The molecule has 6 heteroatoms.